The van der Waals surface area contributed by atoms with E-state index in [2.05, 4.69) is 38.0 Å². The molecule has 1 fully saturated rings. The molecule has 106 valence electrons. The Morgan fingerprint density at radius 3 is 2.21 bits per heavy atom. The maximum atomic E-state index is 12.3. The number of carbonyl (C=O) groups excluding carboxylic acids is 1. The Bertz CT molecular complexity index is 501. The molecule has 0 saturated heterocycles. The standard InChI is InChI=1S/C14H23N3O2/c1-7-9(19-8(2)16-7)10(18)17-12-13(3,4)11(15)14(12,5)6/h11-12H,15H2,1-6H3,(H,17,18). The number of nitrogens with one attached hydrogen (secondary N) is 1. The Kier molecular flexibility index (Phi) is 3.01. The lowest BCUT2D eigenvalue weighted by molar-refractivity contribution is -0.0666. The Hall–Kier alpha value is -1.36. The van der Waals surface area contributed by atoms with Gasteiger partial charge in [-0.2, -0.15) is 0 Å². The van der Waals surface area contributed by atoms with E-state index in [1.54, 1.807) is 13.8 Å². The van der Waals surface area contributed by atoms with Crippen molar-refractivity contribution in [2.24, 2.45) is 16.6 Å². The Balaban J connectivity index is 2.18. The first-order chi connectivity index (χ1) is 8.58. The van der Waals surface area contributed by atoms with Crippen molar-refractivity contribution in [2.75, 3.05) is 0 Å². The molecule has 5 heteroatoms. The number of nitrogens with two attached hydrogens (primary N) is 1. The van der Waals surface area contributed by atoms with E-state index < -0.39 is 0 Å². The van der Waals surface area contributed by atoms with Gasteiger partial charge in [0.25, 0.3) is 5.91 Å². The van der Waals surface area contributed by atoms with Crippen LogP contribution in [0, 0.1) is 24.7 Å². The van der Waals surface area contributed by atoms with Crippen LogP contribution in [0.4, 0.5) is 0 Å². The van der Waals surface area contributed by atoms with E-state index >= 15 is 0 Å². The third-order valence-electron chi connectivity index (χ3n) is 4.48. The van der Waals surface area contributed by atoms with Crippen molar-refractivity contribution in [1.29, 1.82) is 0 Å². The fraction of sp³-hybridized carbons (Fsp3) is 0.714. The molecule has 0 aliphatic heterocycles. The Morgan fingerprint density at radius 2 is 1.79 bits per heavy atom. The van der Waals surface area contributed by atoms with Crippen molar-refractivity contribution in [3.05, 3.63) is 17.3 Å². The molecule has 1 amide bonds. The summed E-state index contributed by atoms with van der Waals surface area (Å²) in [5, 5.41) is 3.05. The Morgan fingerprint density at radius 1 is 1.26 bits per heavy atom. The van der Waals surface area contributed by atoms with E-state index in [1.807, 2.05) is 0 Å². The van der Waals surface area contributed by atoms with E-state index in [4.69, 9.17) is 10.2 Å². The second-order valence-electron chi connectivity index (χ2n) is 6.67. The zero-order valence-corrected chi connectivity index (χ0v) is 12.5. The molecular formula is C14H23N3O2. The number of aryl methyl sites for hydroxylation is 2. The molecule has 1 aliphatic rings. The van der Waals surface area contributed by atoms with Crippen LogP contribution in [0.15, 0.2) is 4.42 Å². The topological polar surface area (TPSA) is 81.2 Å². The summed E-state index contributed by atoms with van der Waals surface area (Å²) in [5.74, 6) is 0.590. The van der Waals surface area contributed by atoms with E-state index in [0.29, 0.717) is 17.3 Å². The van der Waals surface area contributed by atoms with Crippen molar-refractivity contribution in [2.45, 2.75) is 53.6 Å². The number of hydrogen-bond donors (Lipinski definition) is 2. The van der Waals surface area contributed by atoms with Crippen molar-refractivity contribution in [3.8, 4) is 0 Å². The third kappa shape index (κ3) is 1.96. The van der Waals surface area contributed by atoms with Crippen LogP contribution in [-0.4, -0.2) is 23.0 Å². The van der Waals surface area contributed by atoms with Gasteiger partial charge in [0.05, 0.1) is 5.69 Å². The number of nitrogens with zero attached hydrogens (tertiary/aromatic N) is 1. The lowest BCUT2D eigenvalue weighted by Gasteiger charge is -2.62. The molecule has 1 aromatic heterocycles. The number of hydrogen-bond acceptors (Lipinski definition) is 4. The molecule has 0 aromatic carbocycles. The zero-order chi connectivity index (χ0) is 14.6. The average molecular weight is 265 g/mol. The smallest absolute Gasteiger partial charge is 0.289 e. The summed E-state index contributed by atoms with van der Waals surface area (Å²) < 4.78 is 5.35. The number of rotatable bonds is 2. The molecule has 1 heterocycles. The van der Waals surface area contributed by atoms with Crippen LogP contribution in [0.3, 0.4) is 0 Å². The van der Waals surface area contributed by atoms with Gasteiger partial charge >= 0.3 is 0 Å². The first kappa shape index (κ1) is 14.1. The summed E-state index contributed by atoms with van der Waals surface area (Å²) in [6, 6.07) is 0.0789. The molecule has 2 rings (SSSR count). The van der Waals surface area contributed by atoms with Crippen LogP contribution >= 0.6 is 0 Å². The van der Waals surface area contributed by atoms with Crippen LogP contribution in [0.25, 0.3) is 0 Å². The van der Waals surface area contributed by atoms with Crippen LogP contribution in [0.5, 0.6) is 0 Å². The van der Waals surface area contributed by atoms with Gasteiger partial charge in [-0.05, 0) is 6.92 Å². The van der Waals surface area contributed by atoms with Crippen molar-refractivity contribution in [1.82, 2.24) is 10.3 Å². The van der Waals surface area contributed by atoms with Gasteiger partial charge in [0.1, 0.15) is 0 Å². The number of aromatic nitrogens is 1. The van der Waals surface area contributed by atoms with Gasteiger partial charge in [0.2, 0.25) is 5.76 Å². The zero-order valence-electron chi connectivity index (χ0n) is 12.5. The largest absolute Gasteiger partial charge is 0.436 e. The molecule has 1 saturated carbocycles. The minimum atomic E-state index is -0.212. The van der Waals surface area contributed by atoms with Gasteiger partial charge in [0, 0.05) is 29.8 Å². The monoisotopic (exact) mass is 265 g/mol. The van der Waals surface area contributed by atoms with Gasteiger partial charge < -0.3 is 15.5 Å². The maximum absolute atomic E-state index is 12.3. The predicted molar refractivity (Wildman–Crippen MR) is 72.8 cm³/mol. The van der Waals surface area contributed by atoms with Crippen LogP contribution in [-0.2, 0) is 0 Å². The van der Waals surface area contributed by atoms with E-state index in [-0.39, 0.29) is 28.8 Å². The van der Waals surface area contributed by atoms with Crippen LogP contribution in [0.2, 0.25) is 0 Å². The summed E-state index contributed by atoms with van der Waals surface area (Å²) >= 11 is 0. The first-order valence-corrected chi connectivity index (χ1v) is 6.59. The molecule has 1 aliphatic carbocycles. The molecule has 0 unspecified atom stereocenters. The summed E-state index contributed by atoms with van der Waals surface area (Å²) in [6.07, 6.45) is 0. The van der Waals surface area contributed by atoms with E-state index in [0.717, 1.165) is 0 Å². The minimum Gasteiger partial charge on any atom is -0.436 e. The summed E-state index contributed by atoms with van der Waals surface area (Å²) in [5.41, 5.74) is 6.56. The molecule has 0 spiro atoms. The van der Waals surface area contributed by atoms with Crippen LogP contribution < -0.4 is 11.1 Å². The number of amides is 1. The first-order valence-electron chi connectivity index (χ1n) is 6.59. The van der Waals surface area contributed by atoms with E-state index in [9.17, 15) is 4.79 Å². The maximum Gasteiger partial charge on any atom is 0.289 e. The molecule has 0 bridgehead atoms. The summed E-state index contributed by atoms with van der Waals surface area (Å²) in [4.78, 5) is 16.4. The molecular weight excluding hydrogens is 242 g/mol. The molecule has 19 heavy (non-hydrogen) atoms. The molecule has 3 N–H and O–H groups in total. The summed E-state index contributed by atoms with van der Waals surface area (Å²) in [6.45, 7) is 11.8. The van der Waals surface area contributed by atoms with Crippen molar-refractivity contribution in [3.63, 3.8) is 0 Å². The highest BCUT2D eigenvalue weighted by Gasteiger charge is 2.60. The summed E-state index contributed by atoms with van der Waals surface area (Å²) in [7, 11) is 0. The second kappa shape index (κ2) is 4.07. The normalized spacial score (nSPS) is 27.7. The van der Waals surface area contributed by atoms with Crippen LogP contribution in [0.1, 0.15) is 49.8 Å². The predicted octanol–water partition coefficient (Wildman–Crippen LogP) is 1.78. The van der Waals surface area contributed by atoms with Crippen molar-refractivity contribution >= 4 is 5.91 Å². The highest BCUT2D eigenvalue weighted by Crippen LogP contribution is 2.52. The van der Waals surface area contributed by atoms with E-state index in [1.165, 1.54) is 0 Å². The lowest BCUT2D eigenvalue weighted by atomic mass is 9.48. The Labute approximate surface area is 114 Å². The highest BCUT2D eigenvalue weighted by molar-refractivity contribution is 5.92. The average Bonchev–Trinajstić information content (AvgIpc) is 2.63. The van der Waals surface area contributed by atoms with Gasteiger partial charge in [0.15, 0.2) is 5.89 Å². The molecule has 0 atom stereocenters. The van der Waals surface area contributed by atoms with Crippen molar-refractivity contribution < 1.29 is 9.21 Å². The quantitative estimate of drug-likeness (QED) is 0.854. The highest BCUT2D eigenvalue weighted by atomic mass is 16.4. The van der Waals surface area contributed by atoms with Gasteiger partial charge in [-0.25, -0.2) is 4.98 Å². The SMILES string of the molecule is Cc1nc(C)c(C(=O)NC2C(C)(C)C(N)C2(C)C)o1. The van der Waals surface area contributed by atoms with Gasteiger partial charge in [-0.3, -0.25) is 4.79 Å². The van der Waals surface area contributed by atoms with Gasteiger partial charge in [-0.1, -0.05) is 27.7 Å². The number of carbonyl (C=O) groups is 1. The fourth-order valence-electron chi connectivity index (χ4n) is 3.49. The molecule has 1 aromatic rings. The fourth-order valence-corrected chi connectivity index (χ4v) is 3.49. The molecule has 5 nitrogen and oxygen atoms in total. The minimum absolute atomic E-state index is 0.0207. The third-order valence-corrected chi connectivity index (χ3v) is 4.48. The van der Waals surface area contributed by atoms with Gasteiger partial charge in [-0.15, -0.1) is 0 Å². The number of oxazole rings is 1. The lowest BCUT2D eigenvalue weighted by Crippen LogP contribution is -2.76. The second-order valence-corrected chi connectivity index (χ2v) is 6.67. The molecule has 0 radical (unpaired) electrons.